The third-order valence-corrected chi connectivity index (χ3v) is 21.9. The number of carbonyl (C=O) groups excluding carboxylic acids is 4. The molecule has 100 heavy (non-hydrogen) atoms. The number of nitrogens with zero attached hydrogens (tertiary/aromatic N) is 6. The summed E-state index contributed by atoms with van der Waals surface area (Å²) in [6.45, 7) is 8.30. The van der Waals surface area contributed by atoms with Gasteiger partial charge in [-0.3, -0.25) is 33.8 Å². The molecule has 8 aromatic rings. The molecule has 4 heterocycles. The maximum Gasteiger partial charge on any atom is 0.318 e. The molecule has 20 nitrogen and oxygen atoms in total. The van der Waals surface area contributed by atoms with E-state index in [-0.39, 0.29) is 89.4 Å². The largest absolute Gasteiger partial charge is 0.412 e. The van der Waals surface area contributed by atoms with Gasteiger partial charge in [-0.1, -0.05) is 153 Å². The van der Waals surface area contributed by atoms with E-state index in [0.29, 0.717) is 49.5 Å². The predicted molar refractivity (Wildman–Crippen MR) is 397 cm³/mol. The van der Waals surface area contributed by atoms with E-state index >= 15 is 0 Å². The summed E-state index contributed by atoms with van der Waals surface area (Å²) >= 11 is 0. The summed E-state index contributed by atoms with van der Waals surface area (Å²) in [6.07, 6.45) is 3.10. The van der Waals surface area contributed by atoms with E-state index in [1.807, 2.05) is 143 Å². The van der Waals surface area contributed by atoms with Crippen LogP contribution in [-0.4, -0.2) is 136 Å². The average Bonchev–Trinajstić information content (AvgIpc) is 1.60. The van der Waals surface area contributed by atoms with Crippen LogP contribution in [0.4, 0.5) is 25.4 Å². The van der Waals surface area contributed by atoms with Crippen LogP contribution >= 0.6 is 0 Å². The zero-order chi connectivity index (χ0) is 70.7. The Balaban J connectivity index is 0.000000338. The van der Waals surface area contributed by atoms with Crippen LogP contribution in [0.2, 0.25) is 0 Å². The number of amidine groups is 2. The van der Waals surface area contributed by atoms with Crippen LogP contribution in [0.5, 0.6) is 0 Å². The number of anilines is 2. The van der Waals surface area contributed by atoms with Gasteiger partial charge < -0.3 is 33.1 Å². The Bertz CT molecular complexity index is 4590. The molecule has 0 radical (unpaired) electrons. The van der Waals surface area contributed by atoms with Crippen molar-refractivity contribution < 1.29 is 74.6 Å². The molecule has 2 spiro atoms. The van der Waals surface area contributed by atoms with Crippen LogP contribution in [0, 0.1) is 27.7 Å². The van der Waals surface area contributed by atoms with E-state index in [9.17, 15) is 40.4 Å². The maximum atomic E-state index is 13.4. The molecule has 0 unspecified atom stereocenters. The Hall–Kier alpha value is -9.35. The van der Waals surface area contributed by atoms with Crippen LogP contribution in [-0.2, 0) is 56.5 Å². The topological polar surface area (TPSA) is 313 Å². The summed E-state index contributed by atoms with van der Waals surface area (Å²) in [5.74, 6) is 0.572. The summed E-state index contributed by atoms with van der Waals surface area (Å²) in [4.78, 5) is 62.4. The molecule has 2 fully saturated rings. The molecule has 4 aliphatic rings. The van der Waals surface area contributed by atoms with Gasteiger partial charge in [0, 0.05) is 91.4 Å². The van der Waals surface area contributed by atoms with Crippen molar-refractivity contribution in [2.45, 2.75) is 78.3 Å². The number of benzene rings is 8. The number of carbonyl (C=O) groups is 4. The second-order valence-electron chi connectivity index (χ2n) is 24.4. The Labute approximate surface area is 602 Å². The smallest absolute Gasteiger partial charge is 0.318 e. The first kappa shape index (κ1) is 78.0. The Morgan fingerprint density at radius 1 is 0.540 bits per heavy atom. The van der Waals surface area contributed by atoms with Crippen LogP contribution < -0.4 is 31.9 Å². The number of sulfonamides is 2. The van der Waals surface area contributed by atoms with Crippen LogP contribution in [0.15, 0.2) is 197 Å². The molecular weight excluding hydrogens is 1400 g/mol. The molecule has 0 atom stereocenters. The Morgan fingerprint density at radius 2 is 0.870 bits per heavy atom. The number of nitrogens with two attached hydrogens (primary N) is 2. The van der Waals surface area contributed by atoms with Crippen molar-refractivity contribution in [3.8, 4) is 44.5 Å². The summed E-state index contributed by atoms with van der Waals surface area (Å²) in [5.41, 5.74) is 25.5. The minimum atomic E-state index is -3.76. The fourth-order valence-corrected chi connectivity index (χ4v) is 15.6. The first-order valence-electron chi connectivity index (χ1n) is 32.6. The SMILES string of the molecule is CF.Cc1cc(N(C)C(N)=O)cc(C)c1/C=C/S(=O)(=O)N1CCC2(CC1)N=C(c1cccc(-c3ccccc3-c3ccccc3)c1)NC2=O.Cc1cc(N(C)C(N)=O)cc(C)c1CCS(=O)(=O)N1CCC2(CC1)N=C(c1cccc(-c3ccccc3-c3ccccc3)c1)NC2=O.O.O.[2H]C.[HH].[Pd]. The Kier molecular flexibility index (Phi) is 26.3. The van der Waals surface area contributed by atoms with Crippen LogP contribution in [0.25, 0.3) is 50.6 Å². The molecule has 2 saturated heterocycles. The summed E-state index contributed by atoms with van der Waals surface area (Å²) in [5, 5.41) is 7.19. The van der Waals surface area contributed by atoms with Gasteiger partial charge >= 0.3 is 12.1 Å². The van der Waals surface area contributed by atoms with Gasteiger partial charge in [-0.05, 0) is 180 Å². The van der Waals surface area contributed by atoms with Crippen molar-refractivity contribution in [2.24, 2.45) is 21.5 Å². The van der Waals surface area contributed by atoms with Crippen molar-refractivity contribution in [2.75, 3.05) is 63.0 Å². The number of amides is 6. The minimum absolute atomic E-state index is 0. The molecule has 8 aromatic carbocycles. The third kappa shape index (κ3) is 17.3. The number of hydrogen-bond donors (Lipinski definition) is 4. The van der Waals surface area contributed by atoms with Gasteiger partial charge in [0.05, 0.1) is 12.9 Å². The zero-order valence-electron chi connectivity index (χ0n) is 58.2. The number of alkyl halides is 1. The van der Waals surface area contributed by atoms with Gasteiger partial charge in [-0.25, -0.2) is 30.7 Å². The number of halogens is 1. The fraction of sp³-hybridized carbons (Fsp3) is 0.263. The van der Waals surface area contributed by atoms with E-state index in [1.165, 1.54) is 31.2 Å². The van der Waals surface area contributed by atoms with Crippen LogP contribution in [0.3, 0.4) is 0 Å². The minimum Gasteiger partial charge on any atom is -0.412 e. The molecule has 12 rings (SSSR count). The van der Waals surface area contributed by atoms with E-state index in [1.54, 1.807) is 32.3 Å². The Morgan fingerprint density at radius 3 is 1.25 bits per heavy atom. The number of primary amides is 2. The predicted octanol–water partition coefficient (Wildman–Crippen LogP) is 11.1. The van der Waals surface area contributed by atoms with E-state index in [0.717, 1.165) is 89.0 Å². The number of urea groups is 2. The second-order valence-corrected chi connectivity index (χ2v) is 28.3. The van der Waals surface area contributed by atoms with Gasteiger partial charge in [0.15, 0.2) is 0 Å². The first-order chi connectivity index (χ1) is 46.9. The zero-order valence-corrected chi connectivity index (χ0v) is 60.3. The van der Waals surface area contributed by atoms with Crippen molar-refractivity contribution in [1.29, 1.82) is 0 Å². The molecule has 532 valence electrons. The molecular formula is C76H89FN10O10PdS2. The average molecular weight is 1490 g/mol. The monoisotopic (exact) mass is 1490 g/mol. The maximum absolute atomic E-state index is 13.4. The van der Waals surface area contributed by atoms with Gasteiger partial charge in [-0.15, -0.1) is 0 Å². The molecule has 0 aliphatic carbocycles. The fourth-order valence-electron chi connectivity index (χ4n) is 12.9. The number of piperidine rings is 2. The third-order valence-electron chi connectivity index (χ3n) is 18.4. The quantitative estimate of drug-likeness (QED) is 0.0713. The number of rotatable bonds is 15. The summed E-state index contributed by atoms with van der Waals surface area (Å²) < 4.78 is 71.7. The van der Waals surface area contributed by atoms with Crippen molar-refractivity contribution in [3.05, 3.63) is 232 Å². The number of aliphatic imine (C=N–C) groups is 2. The second kappa shape index (κ2) is 33.7. The molecule has 0 aromatic heterocycles. The van der Waals surface area contributed by atoms with Crippen molar-refractivity contribution in [1.82, 2.24) is 19.2 Å². The number of hydrogen-bond acceptors (Lipinski definition) is 10. The van der Waals surface area contributed by atoms with Gasteiger partial charge in [0.25, 0.3) is 11.8 Å². The number of nitrogens with one attached hydrogen (secondary N) is 2. The summed E-state index contributed by atoms with van der Waals surface area (Å²) in [6, 6.07) is 59.0. The van der Waals surface area contributed by atoms with Crippen molar-refractivity contribution in [3.63, 3.8) is 0 Å². The van der Waals surface area contributed by atoms with Gasteiger partial charge in [-0.2, -0.15) is 4.31 Å². The van der Waals surface area contributed by atoms with Gasteiger partial charge in [0.1, 0.15) is 22.7 Å². The molecule has 10 N–H and O–H groups in total. The van der Waals surface area contributed by atoms with E-state index in [4.69, 9.17) is 22.8 Å². The first-order valence-corrected chi connectivity index (χ1v) is 34.7. The standard InChI is InChI=1S/C37H39N5O4S.C37H37N5O4S.CH3F.CH4.2H2O.Pd.H2/c2*1-25-22-30(41(3)36(38)44)23-26(2)31(25)16-21-47(45,46)42-19-17-37(18-20-42)35(43)39-34(40-37)29-13-9-12-28(24-29)33-15-8-7-14-32(33)27-10-5-4-6-11-27;1-2;;;;;/h4-15,22-24H,16-21H2,1-3H3,(H2,38,44)(H,39,40,43);4-16,21-24H,17-20H2,1-3H3,(H2,38,44)(H,39,40,43);1H3;1H4;2*1H2;;1H/b;21-16+;;;;;;/i;;;1D;;;;. The van der Waals surface area contributed by atoms with Gasteiger partial charge in [0.2, 0.25) is 20.0 Å². The van der Waals surface area contributed by atoms with E-state index in [2.05, 4.69) is 65.2 Å². The summed E-state index contributed by atoms with van der Waals surface area (Å²) in [7, 11) is -2.40. The molecule has 24 heteroatoms. The van der Waals surface area contributed by atoms with Crippen molar-refractivity contribution >= 4 is 73.0 Å². The molecule has 6 amide bonds. The van der Waals surface area contributed by atoms with Crippen LogP contribution in [0.1, 0.15) is 80.4 Å². The molecule has 0 bridgehead atoms. The van der Waals surface area contributed by atoms with E-state index < -0.39 is 43.2 Å². The normalized spacial score (nSPS) is 15.4. The molecule has 4 aliphatic heterocycles. The molecule has 0 saturated carbocycles. The number of aryl methyl sites for hydroxylation is 4.